The van der Waals surface area contributed by atoms with Crippen molar-refractivity contribution in [2.75, 3.05) is 5.32 Å². The number of anilines is 1. The smallest absolute Gasteiger partial charge is 0.277 e. The Morgan fingerprint density at radius 3 is 2.61 bits per heavy atom. The van der Waals surface area contributed by atoms with Gasteiger partial charge in [-0.25, -0.2) is 4.68 Å². The van der Waals surface area contributed by atoms with Crippen LogP contribution in [-0.4, -0.2) is 15.6 Å². The van der Waals surface area contributed by atoms with E-state index in [1.54, 1.807) is 16.0 Å². The van der Waals surface area contributed by atoms with E-state index >= 15 is 0 Å². The highest BCUT2D eigenvalue weighted by atomic mass is 32.1. The zero-order valence-electron chi connectivity index (χ0n) is 15.8. The number of rotatable bonds is 2. The molecule has 0 saturated carbocycles. The first-order chi connectivity index (χ1) is 13.4. The Bertz CT molecular complexity index is 1150. The molecule has 1 aliphatic carbocycles. The van der Waals surface area contributed by atoms with Crippen molar-refractivity contribution in [1.29, 1.82) is 0 Å². The molecule has 0 bridgehead atoms. The minimum atomic E-state index is -0.324. The third-order valence-electron chi connectivity index (χ3n) is 5.59. The number of hydrogen-bond acceptors (Lipinski definition) is 4. The molecule has 0 spiro atoms. The molecule has 0 fully saturated rings. The first-order valence-electron chi connectivity index (χ1n) is 9.40. The number of H-pyrrole nitrogens is 1. The molecule has 3 aromatic rings. The molecule has 1 aliphatic heterocycles. The standard InChI is InChI=1S/C22H21N3O2S/c1-22(2)10-15-18(16(26)11-22)17(13-8-9-28-12-13)19-20(23-15)24-25(21(19)27)14-6-4-3-5-7-14/h3-9,12,17,23-24H,10-11H2,1-2H3/t17-/m0/s1. The van der Waals surface area contributed by atoms with Gasteiger partial charge in [0.25, 0.3) is 5.56 Å². The van der Waals surface area contributed by atoms with Crippen molar-refractivity contribution in [3.63, 3.8) is 0 Å². The lowest BCUT2D eigenvalue weighted by Crippen LogP contribution is -2.35. The van der Waals surface area contributed by atoms with Crippen LogP contribution in [0.4, 0.5) is 5.82 Å². The molecule has 2 aliphatic rings. The first-order valence-corrected chi connectivity index (χ1v) is 10.3. The number of para-hydroxylation sites is 1. The van der Waals surface area contributed by atoms with E-state index in [2.05, 4.69) is 24.3 Å². The number of aromatic amines is 1. The second-order valence-corrected chi connectivity index (χ2v) is 9.10. The SMILES string of the molecule is CC1(C)CC(=O)C2=C(C1)Nc1[nH]n(-c3ccccc3)c(=O)c1[C@H]2c1ccsc1. The van der Waals surface area contributed by atoms with E-state index in [-0.39, 0.29) is 22.7 Å². The van der Waals surface area contributed by atoms with Crippen LogP contribution in [0.25, 0.3) is 5.69 Å². The van der Waals surface area contributed by atoms with E-state index in [1.165, 1.54) is 0 Å². The number of allylic oxidation sites excluding steroid dienone is 2. The number of aromatic nitrogens is 2. The van der Waals surface area contributed by atoms with E-state index < -0.39 is 0 Å². The Hall–Kier alpha value is -2.86. The summed E-state index contributed by atoms with van der Waals surface area (Å²) in [4.78, 5) is 26.5. The number of Topliss-reactive ketones (excluding diaryl/α,β-unsaturated/α-hetero) is 1. The van der Waals surface area contributed by atoms with Crippen LogP contribution in [-0.2, 0) is 4.79 Å². The maximum atomic E-state index is 13.4. The molecule has 2 N–H and O–H groups in total. The predicted octanol–water partition coefficient (Wildman–Crippen LogP) is 4.43. The molecule has 28 heavy (non-hydrogen) atoms. The monoisotopic (exact) mass is 391 g/mol. The van der Waals surface area contributed by atoms with Crippen molar-refractivity contribution in [2.45, 2.75) is 32.6 Å². The number of carbonyl (C=O) groups excluding carboxylic acids is 1. The van der Waals surface area contributed by atoms with Gasteiger partial charge in [-0.1, -0.05) is 32.0 Å². The van der Waals surface area contributed by atoms with Crippen molar-refractivity contribution in [3.05, 3.63) is 79.9 Å². The van der Waals surface area contributed by atoms with Gasteiger partial charge in [0.2, 0.25) is 0 Å². The van der Waals surface area contributed by atoms with Gasteiger partial charge in [0.1, 0.15) is 5.82 Å². The average Bonchev–Trinajstić information content (AvgIpc) is 3.28. The topological polar surface area (TPSA) is 66.9 Å². The molecular weight excluding hydrogens is 370 g/mol. The summed E-state index contributed by atoms with van der Waals surface area (Å²) in [6.45, 7) is 4.23. The lowest BCUT2D eigenvalue weighted by Gasteiger charge is -2.37. The molecule has 0 amide bonds. The highest BCUT2D eigenvalue weighted by Crippen LogP contribution is 2.48. The summed E-state index contributed by atoms with van der Waals surface area (Å²) in [5.41, 5.74) is 3.88. The van der Waals surface area contributed by atoms with Crippen molar-refractivity contribution >= 4 is 22.9 Å². The fraction of sp³-hybridized carbons (Fsp3) is 0.273. The molecule has 1 atom stereocenters. The van der Waals surface area contributed by atoms with Crippen LogP contribution in [0, 0.1) is 5.41 Å². The molecule has 5 rings (SSSR count). The lowest BCUT2D eigenvalue weighted by atomic mass is 9.69. The quantitative estimate of drug-likeness (QED) is 0.679. The molecule has 6 heteroatoms. The third kappa shape index (κ3) is 2.59. The number of nitrogens with zero attached hydrogens (tertiary/aromatic N) is 1. The fourth-order valence-electron chi connectivity index (χ4n) is 4.42. The lowest BCUT2D eigenvalue weighted by molar-refractivity contribution is -0.118. The van der Waals surface area contributed by atoms with Crippen LogP contribution in [0.15, 0.2) is 63.2 Å². The van der Waals surface area contributed by atoms with Gasteiger partial charge < -0.3 is 5.32 Å². The maximum Gasteiger partial charge on any atom is 0.277 e. The molecule has 0 radical (unpaired) electrons. The number of benzene rings is 1. The van der Waals surface area contributed by atoms with E-state index in [1.807, 2.05) is 47.2 Å². The van der Waals surface area contributed by atoms with Crippen molar-refractivity contribution in [1.82, 2.24) is 9.78 Å². The van der Waals surface area contributed by atoms with Gasteiger partial charge >= 0.3 is 0 Å². The van der Waals surface area contributed by atoms with Gasteiger partial charge in [0.05, 0.1) is 11.3 Å². The molecule has 2 aromatic heterocycles. The molecule has 5 nitrogen and oxygen atoms in total. The van der Waals surface area contributed by atoms with Gasteiger partial charge in [0.15, 0.2) is 5.78 Å². The Kier molecular flexibility index (Phi) is 3.74. The average molecular weight is 391 g/mol. The normalized spacial score (nSPS) is 20.5. The summed E-state index contributed by atoms with van der Waals surface area (Å²) in [5.74, 6) is 0.497. The van der Waals surface area contributed by atoms with Crippen LogP contribution >= 0.6 is 11.3 Å². The van der Waals surface area contributed by atoms with E-state index in [9.17, 15) is 9.59 Å². The van der Waals surface area contributed by atoms with Gasteiger partial charge in [-0.15, -0.1) is 0 Å². The number of ketones is 1. The largest absolute Gasteiger partial charge is 0.343 e. The molecule has 1 aromatic carbocycles. The van der Waals surface area contributed by atoms with Crippen LogP contribution in [0.3, 0.4) is 0 Å². The Morgan fingerprint density at radius 2 is 1.89 bits per heavy atom. The van der Waals surface area contributed by atoms with Crippen molar-refractivity contribution in [2.24, 2.45) is 5.41 Å². The maximum absolute atomic E-state index is 13.4. The minimum absolute atomic E-state index is 0.0953. The van der Waals surface area contributed by atoms with Crippen LogP contribution in [0.5, 0.6) is 0 Å². The molecule has 3 heterocycles. The van der Waals surface area contributed by atoms with E-state index in [0.717, 1.165) is 28.9 Å². The Morgan fingerprint density at radius 1 is 1.11 bits per heavy atom. The van der Waals surface area contributed by atoms with Gasteiger partial charge in [-0.3, -0.25) is 14.7 Å². The summed E-state index contributed by atoms with van der Waals surface area (Å²) in [5, 5.41) is 10.7. The number of carbonyl (C=O) groups is 1. The molecule has 0 unspecified atom stereocenters. The van der Waals surface area contributed by atoms with Gasteiger partial charge in [0, 0.05) is 23.6 Å². The third-order valence-corrected chi connectivity index (χ3v) is 6.29. The molecule has 0 saturated heterocycles. The first kappa shape index (κ1) is 17.3. The second-order valence-electron chi connectivity index (χ2n) is 8.32. The Balaban J connectivity index is 1.74. The number of fused-ring (bicyclic) bond motifs is 1. The molecular formula is C22H21N3O2S. The predicted molar refractivity (Wildman–Crippen MR) is 111 cm³/mol. The zero-order chi connectivity index (χ0) is 19.5. The van der Waals surface area contributed by atoms with Crippen LogP contribution < -0.4 is 10.9 Å². The van der Waals surface area contributed by atoms with Crippen LogP contribution in [0.2, 0.25) is 0 Å². The summed E-state index contributed by atoms with van der Waals surface area (Å²) in [6.07, 6.45) is 1.29. The fourth-order valence-corrected chi connectivity index (χ4v) is 5.11. The number of nitrogens with one attached hydrogen (secondary N) is 2. The van der Waals surface area contributed by atoms with Gasteiger partial charge in [-0.05, 0) is 46.4 Å². The summed E-state index contributed by atoms with van der Waals surface area (Å²) >= 11 is 1.58. The van der Waals surface area contributed by atoms with Crippen molar-refractivity contribution < 1.29 is 4.79 Å². The highest BCUT2D eigenvalue weighted by molar-refractivity contribution is 7.08. The number of hydrogen-bond donors (Lipinski definition) is 2. The van der Waals surface area contributed by atoms with Gasteiger partial charge in [-0.2, -0.15) is 11.3 Å². The van der Waals surface area contributed by atoms with Crippen LogP contribution in [0.1, 0.15) is 43.7 Å². The Labute approximate surface area is 166 Å². The van der Waals surface area contributed by atoms with Crippen molar-refractivity contribution in [3.8, 4) is 5.69 Å². The summed E-state index contributed by atoms with van der Waals surface area (Å²) in [7, 11) is 0. The van der Waals surface area contributed by atoms with E-state index in [0.29, 0.717) is 17.8 Å². The second kappa shape index (κ2) is 6.07. The molecule has 142 valence electrons. The summed E-state index contributed by atoms with van der Waals surface area (Å²) in [6, 6.07) is 11.5. The zero-order valence-corrected chi connectivity index (χ0v) is 16.6. The van der Waals surface area contributed by atoms with E-state index in [4.69, 9.17) is 0 Å². The minimum Gasteiger partial charge on any atom is -0.343 e. The highest BCUT2D eigenvalue weighted by Gasteiger charge is 2.43. The summed E-state index contributed by atoms with van der Waals surface area (Å²) < 4.78 is 1.56. The number of thiophene rings is 1.